The van der Waals surface area contributed by atoms with Crippen molar-refractivity contribution in [1.82, 2.24) is 4.31 Å². The molecule has 0 N–H and O–H groups in total. The Labute approximate surface area is 154 Å². The van der Waals surface area contributed by atoms with E-state index in [0.717, 1.165) is 5.56 Å². The Bertz CT molecular complexity index is 733. The van der Waals surface area contributed by atoms with Gasteiger partial charge in [0, 0.05) is 13.1 Å². The molecule has 1 aromatic rings. The predicted molar refractivity (Wildman–Crippen MR) is 94.8 cm³/mol. The molecule has 8 heteroatoms. The molecule has 1 aliphatic heterocycles. The molecule has 0 bridgehead atoms. The van der Waals surface area contributed by atoms with E-state index in [4.69, 9.17) is 9.47 Å². The van der Waals surface area contributed by atoms with Crippen LogP contribution in [0.1, 0.15) is 32.3 Å². The molecule has 7 nitrogen and oxygen atoms in total. The minimum atomic E-state index is -3.56. The quantitative estimate of drug-likeness (QED) is 0.697. The van der Waals surface area contributed by atoms with Crippen LogP contribution in [0.15, 0.2) is 29.2 Å². The van der Waals surface area contributed by atoms with Gasteiger partial charge in [-0.1, -0.05) is 17.7 Å². The first-order chi connectivity index (χ1) is 12.2. The van der Waals surface area contributed by atoms with Crippen LogP contribution in [0.4, 0.5) is 0 Å². The molecule has 0 amide bonds. The molecule has 26 heavy (non-hydrogen) atoms. The van der Waals surface area contributed by atoms with Crippen LogP contribution in [0.5, 0.6) is 0 Å². The van der Waals surface area contributed by atoms with Crippen LogP contribution in [-0.4, -0.2) is 50.5 Å². The Hall–Kier alpha value is -1.93. The molecule has 1 aromatic carbocycles. The summed E-state index contributed by atoms with van der Waals surface area (Å²) >= 11 is 0. The topological polar surface area (TPSA) is 90.0 Å². The van der Waals surface area contributed by atoms with Gasteiger partial charge in [-0.25, -0.2) is 13.2 Å². The number of carbonyl (C=O) groups is 2. The molecule has 144 valence electrons. The second kappa shape index (κ2) is 8.64. The minimum Gasteiger partial charge on any atom is -0.460 e. The third kappa shape index (κ3) is 5.28. The largest absolute Gasteiger partial charge is 0.460 e. The van der Waals surface area contributed by atoms with Gasteiger partial charge in [0.2, 0.25) is 10.0 Å². The van der Waals surface area contributed by atoms with Crippen LogP contribution >= 0.6 is 0 Å². The zero-order valence-electron chi connectivity index (χ0n) is 15.3. The zero-order chi connectivity index (χ0) is 19.3. The average Bonchev–Trinajstić information content (AvgIpc) is 2.59. The minimum absolute atomic E-state index is 0.242. The highest BCUT2D eigenvalue weighted by molar-refractivity contribution is 7.89. The molecule has 0 spiro atoms. The van der Waals surface area contributed by atoms with E-state index in [1.807, 2.05) is 6.92 Å². The summed E-state index contributed by atoms with van der Waals surface area (Å²) in [7, 11) is -3.56. The normalized spacial score (nSPS) is 16.5. The van der Waals surface area contributed by atoms with Gasteiger partial charge in [0.25, 0.3) is 0 Å². The van der Waals surface area contributed by atoms with Crippen LogP contribution in [0, 0.1) is 12.8 Å². The number of hydrogen-bond donors (Lipinski definition) is 0. The maximum Gasteiger partial charge on any atom is 0.344 e. The predicted octanol–water partition coefficient (Wildman–Crippen LogP) is 1.89. The van der Waals surface area contributed by atoms with Crippen molar-refractivity contribution < 1.29 is 27.5 Å². The van der Waals surface area contributed by atoms with Crippen molar-refractivity contribution in [2.75, 3.05) is 19.7 Å². The van der Waals surface area contributed by atoms with Gasteiger partial charge < -0.3 is 9.47 Å². The lowest BCUT2D eigenvalue weighted by Gasteiger charge is -2.30. The van der Waals surface area contributed by atoms with Gasteiger partial charge in [-0.15, -0.1) is 0 Å². The lowest BCUT2D eigenvalue weighted by Crippen LogP contribution is -2.40. The van der Waals surface area contributed by atoms with Crippen molar-refractivity contribution in [2.45, 2.75) is 44.6 Å². The molecule has 0 saturated carbocycles. The van der Waals surface area contributed by atoms with E-state index in [-0.39, 0.29) is 24.1 Å². The van der Waals surface area contributed by atoms with Gasteiger partial charge >= 0.3 is 11.9 Å². The molecular weight excluding hydrogens is 358 g/mol. The molecule has 0 aromatic heterocycles. The van der Waals surface area contributed by atoms with E-state index in [1.165, 1.54) is 4.31 Å². The first-order valence-corrected chi connectivity index (χ1v) is 10.1. The van der Waals surface area contributed by atoms with E-state index in [2.05, 4.69) is 0 Å². The van der Waals surface area contributed by atoms with Crippen molar-refractivity contribution in [3.63, 3.8) is 0 Å². The van der Waals surface area contributed by atoms with Crippen LogP contribution in [0.2, 0.25) is 0 Å². The maximum atomic E-state index is 12.6. The zero-order valence-corrected chi connectivity index (χ0v) is 16.1. The molecule has 0 radical (unpaired) electrons. The van der Waals surface area contributed by atoms with Gasteiger partial charge in [-0.2, -0.15) is 4.31 Å². The summed E-state index contributed by atoms with van der Waals surface area (Å²) in [5.74, 6) is -1.49. The Morgan fingerprint density at radius 2 is 1.73 bits per heavy atom. The highest BCUT2D eigenvalue weighted by atomic mass is 32.2. The van der Waals surface area contributed by atoms with Gasteiger partial charge in [-0.05, 0) is 45.7 Å². The number of rotatable bonds is 6. The molecular formula is C18H25NO6S. The van der Waals surface area contributed by atoms with Crippen LogP contribution in [0.25, 0.3) is 0 Å². The molecule has 0 unspecified atom stereocenters. The fourth-order valence-corrected chi connectivity index (χ4v) is 4.21. The van der Waals surface area contributed by atoms with Gasteiger partial charge in [0.15, 0.2) is 6.61 Å². The summed E-state index contributed by atoms with van der Waals surface area (Å²) in [4.78, 5) is 23.7. The van der Waals surface area contributed by atoms with Gasteiger partial charge in [0.1, 0.15) is 0 Å². The Kier molecular flexibility index (Phi) is 6.77. The number of hydrogen-bond acceptors (Lipinski definition) is 6. The van der Waals surface area contributed by atoms with Gasteiger partial charge in [-0.3, -0.25) is 4.79 Å². The summed E-state index contributed by atoms with van der Waals surface area (Å²) < 4.78 is 36.6. The van der Waals surface area contributed by atoms with Crippen molar-refractivity contribution in [2.24, 2.45) is 5.92 Å². The number of sulfonamides is 1. The Morgan fingerprint density at radius 1 is 1.15 bits per heavy atom. The van der Waals surface area contributed by atoms with E-state index in [9.17, 15) is 18.0 Å². The Morgan fingerprint density at radius 3 is 2.27 bits per heavy atom. The summed E-state index contributed by atoms with van der Waals surface area (Å²) in [5, 5.41) is 0. The number of piperidine rings is 1. The molecule has 2 rings (SSSR count). The highest BCUT2D eigenvalue weighted by Gasteiger charge is 2.33. The highest BCUT2D eigenvalue weighted by Crippen LogP contribution is 2.24. The number of esters is 2. The molecule has 1 heterocycles. The fourth-order valence-electron chi connectivity index (χ4n) is 2.74. The number of aryl methyl sites for hydroxylation is 1. The third-order valence-corrected chi connectivity index (χ3v) is 6.06. The van der Waals surface area contributed by atoms with E-state index in [0.29, 0.717) is 12.8 Å². The van der Waals surface area contributed by atoms with Crippen molar-refractivity contribution in [3.8, 4) is 0 Å². The van der Waals surface area contributed by atoms with Crippen molar-refractivity contribution >= 4 is 22.0 Å². The van der Waals surface area contributed by atoms with E-state index in [1.54, 1.807) is 38.1 Å². The standard InChI is InChI=1S/C18H25NO6S/c1-13(2)25-17(20)12-24-18(21)15-8-10-19(11-9-15)26(22,23)16-6-4-14(3)5-7-16/h4-7,13,15H,8-12H2,1-3H3. The van der Waals surface area contributed by atoms with Gasteiger partial charge in [0.05, 0.1) is 16.9 Å². The summed E-state index contributed by atoms with van der Waals surface area (Å²) in [6.45, 7) is 5.38. The summed E-state index contributed by atoms with van der Waals surface area (Å²) in [6, 6.07) is 6.69. The molecule has 1 aliphatic rings. The van der Waals surface area contributed by atoms with Crippen molar-refractivity contribution in [3.05, 3.63) is 29.8 Å². The molecule has 1 fully saturated rings. The van der Waals surface area contributed by atoms with Crippen molar-refractivity contribution in [1.29, 1.82) is 0 Å². The molecule has 0 aliphatic carbocycles. The molecule has 0 atom stereocenters. The Balaban J connectivity index is 1.87. The average molecular weight is 383 g/mol. The lowest BCUT2D eigenvalue weighted by molar-refractivity contribution is -0.164. The summed E-state index contributed by atoms with van der Waals surface area (Å²) in [5.41, 5.74) is 0.987. The number of ether oxygens (including phenoxy) is 2. The fraction of sp³-hybridized carbons (Fsp3) is 0.556. The smallest absolute Gasteiger partial charge is 0.344 e. The maximum absolute atomic E-state index is 12.6. The number of benzene rings is 1. The number of nitrogens with zero attached hydrogens (tertiary/aromatic N) is 1. The molecule has 1 saturated heterocycles. The first-order valence-electron chi connectivity index (χ1n) is 8.63. The third-order valence-electron chi connectivity index (χ3n) is 4.15. The lowest BCUT2D eigenvalue weighted by atomic mass is 9.98. The van der Waals surface area contributed by atoms with E-state index >= 15 is 0 Å². The second-order valence-corrected chi connectivity index (χ2v) is 8.58. The summed E-state index contributed by atoms with van der Waals surface area (Å²) in [6.07, 6.45) is 0.461. The monoisotopic (exact) mass is 383 g/mol. The van der Waals surface area contributed by atoms with Crippen LogP contribution in [-0.2, 0) is 29.1 Å². The van der Waals surface area contributed by atoms with E-state index < -0.39 is 34.5 Å². The second-order valence-electron chi connectivity index (χ2n) is 6.64. The van der Waals surface area contributed by atoms with Crippen LogP contribution in [0.3, 0.4) is 0 Å². The SMILES string of the molecule is Cc1ccc(S(=O)(=O)N2CCC(C(=O)OCC(=O)OC(C)C)CC2)cc1. The first kappa shape index (κ1) is 20.4. The number of carbonyl (C=O) groups excluding carboxylic acids is 2. The van der Waals surface area contributed by atoms with Crippen LogP contribution < -0.4 is 0 Å².